The van der Waals surface area contributed by atoms with Crippen molar-refractivity contribution in [1.29, 1.82) is 0 Å². The summed E-state index contributed by atoms with van der Waals surface area (Å²) in [6, 6.07) is 0. The molecule has 2 unspecified atom stereocenters. The molecule has 1 aliphatic rings. The van der Waals surface area contributed by atoms with Crippen LogP contribution >= 0.6 is 0 Å². The Kier molecular flexibility index (Phi) is 8.64. The van der Waals surface area contributed by atoms with Crippen molar-refractivity contribution in [3.8, 4) is 0 Å². The number of methoxy groups -OCH3 is 3. The van der Waals surface area contributed by atoms with Crippen LogP contribution in [0.15, 0.2) is 0 Å². The average Bonchev–Trinajstić information content (AvgIpc) is 2.50. The number of hydrogen-bond donors (Lipinski definition) is 1. The van der Waals surface area contributed by atoms with Gasteiger partial charge in [0, 0.05) is 53.1 Å². The van der Waals surface area contributed by atoms with Crippen LogP contribution in [-0.2, 0) is 14.2 Å². The molecule has 0 spiro atoms. The summed E-state index contributed by atoms with van der Waals surface area (Å²) < 4.78 is 16.0. The maximum absolute atomic E-state index is 6.16. The first-order chi connectivity index (χ1) is 9.72. The molecule has 120 valence electrons. The second-order valence-electron chi connectivity index (χ2n) is 5.71. The molecule has 1 rings (SSSR count). The lowest BCUT2D eigenvalue weighted by atomic mass is 9.78. The lowest BCUT2D eigenvalue weighted by Gasteiger charge is -2.48. The van der Waals surface area contributed by atoms with Crippen molar-refractivity contribution in [3.05, 3.63) is 0 Å². The topological polar surface area (TPSA) is 57.0 Å². The van der Waals surface area contributed by atoms with Crippen molar-refractivity contribution >= 4 is 0 Å². The van der Waals surface area contributed by atoms with Crippen LogP contribution in [0.5, 0.6) is 0 Å². The van der Waals surface area contributed by atoms with Gasteiger partial charge in [-0.25, -0.2) is 0 Å². The molecule has 1 aliphatic carbocycles. The molecule has 0 amide bonds. The number of nitrogens with two attached hydrogens (primary N) is 1. The van der Waals surface area contributed by atoms with Crippen LogP contribution < -0.4 is 5.73 Å². The minimum absolute atomic E-state index is 0.0607. The van der Waals surface area contributed by atoms with E-state index in [1.807, 2.05) is 7.11 Å². The van der Waals surface area contributed by atoms with E-state index in [2.05, 4.69) is 4.90 Å². The van der Waals surface area contributed by atoms with Crippen molar-refractivity contribution in [2.45, 2.75) is 43.7 Å². The highest BCUT2D eigenvalue weighted by molar-refractivity contribution is 4.97. The van der Waals surface area contributed by atoms with E-state index in [9.17, 15) is 0 Å². The minimum Gasteiger partial charge on any atom is -0.385 e. The Morgan fingerprint density at radius 1 is 1.15 bits per heavy atom. The number of rotatable bonds is 10. The van der Waals surface area contributed by atoms with E-state index in [1.165, 1.54) is 6.42 Å². The van der Waals surface area contributed by atoms with Crippen molar-refractivity contribution in [2.75, 3.05) is 54.2 Å². The second-order valence-corrected chi connectivity index (χ2v) is 5.71. The Labute approximate surface area is 123 Å². The summed E-state index contributed by atoms with van der Waals surface area (Å²) in [4.78, 5) is 2.50. The molecule has 20 heavy (non-hydrogen) atoms. The Hall–Kier alpha value is -0.200. The third-order valence-corrected chi connectivity index (χ3v) is 4.50. The van der Waals surface area contributed by atoms with Crippen molar-refractivity contribution in [2.24, 2.45) is 5.73 Å². The highest BCUT2D eigenvalue weighted by atomic mass is 16.5. The third-order valence-electron chi connectivity index (χ3n) is 4.50. The van der Waals surface area contributed by atoms with Gasteiger partial charge >= 0.3 is 0 Å². The van der Waals surface area contributed by atoms with E-state index >= 15 is 0 Å². The Balaban J connectivity index is 2.70. The van der Waals surface area contributed by atoms with Crippen LogP contribution in [0.3, 0.4) is 0 Å². The summed E-state index contributed by atoms with van der Waals surface area (Å²) >= 11 is 0. The van der Waals surface area contributed by atoms with Crippen LogP contribution in [0, 0.1) is 0 Å². The van der Waals surface area contributed by atoms with Gasteiger partial charge in [-0.1, -0.05) is 0 Å². The molecule has 1 saturated carbocycles. The summed E-state index contributed by atoms with van der Waals surface area (Å²) in [5.41, 5.74) is 6.22. The number of ether oxygens (including phenoxy) is 3. The zero-order valence-corrected chi connectivity index (χ0v) is 13.4. The first kappa shape index (κ1) is 17.9. The van der Waals surface area contributed by atoms with Gasteiger partial charge < -0.3 is 19.9 Å². The smallest absolute Gasteiger partial charge is 0.0589 e. The molecule has 1 fully saturated rings. The molecule has 0 saturated heterocycles. The first-order valence-corrected chi connectivity index (χ1v) is 7.68. The lowest BCUT2D eigenvalue weighted by molar-refractivity contribution is -0.0317. The fourth-order valence-corrected chi connectivity index (χ4v) is 3.28. The Morgan fingerprint density at radius 2 is 1.90 bits per heavy atom. The molecule has 0 aromatic rings. The molecule has 0 heterocycles. The first-order valence-electron chi connectivity index (χ1n) is 7.68. The van der Waals surface area contributed by atoms with Gasteiger partial charge in [-0.15, -0.1) is 0 Å². The highest BCUT2D eigenvalue weighted by Crippen LogP contribution is 2.34. The summed E-state index contributed by atoms with van der Waals surface area (Å²) in [5.74, 6) is 0. The van der Waals surface area contributed by atoms with Crippen LogP contribution in [0.4, 0.5) is 0 Å². The molecule has 2 atom stereocenters. The average molecular weight is 288 g/mol. The Morgan fingerprint density at radius 3 is 2.50 bits per heavy atom. The molecule has 5 nitrogen and oxygen atoms in total. The molecule has 0 aliphatic heterocycles. The highest BCUT2D eigenvalue weighted by Gasteiger charge is 2.39. The van der Waals surface area contributed by atoms with Gasteiger partial charge in [0.1, 0.15) is 0 Å². The van der Waals surface area contributed by atoms with E-state index in [1.54, 1.807) is 14.2 Å². The maximum Gasteiger partial charge on any atom is 0.0589 e. The van der Waals surface area contributed by atoms with E-state index in [0.29, 0.717) is 12.6 Å². The Bertz CT molecular complexity index is 253. The zero-order chi connectivity index (χ0) is 14.8. The standard InChI is InChI=1S/C15H32N2O3/c1-18-10-5-8-17(9-11-19-2)15(13-16)7-4-6-14(12-15)20-3/h14H,4-13,16H2,1-3H3. The zero-order valence-electron chi connectivity index (χ0n) is 13.4. The predicted molar refractivity (Wildman–Crippen MR) is 81.0 cm³/mol. The molecular weight excluding hydrogens is 256 g/mol. The van der Waals surface area contributed by atoms with Gasteiger partial charge in [0.15, 0.2) is 0 Å². The lowest BCUT2D eigenvalue weighted by Crippen LogP contribution is -2.58. The van der Waals surface area contributed by atoms with Gasteiger partial charge in [0.2, 0.25) is 0 Å². The predicted octanol–water partition coefficient (Wildman–Crippen LogP) is 1.26. The van der Waals surface area contributed by atoms with Gasteiger partial charge in [0.25, 0.3) is 0 Å². The summed E-state index contributed by atoms with van der Waals surface area (Å²) in [6.07, 6.45) is 5.87. The van der Waals surface area contributed by atoms with E-state index in [-0.39, 0.29) is 5.54 Å². The molecule has 0 bridgehead atoms. The van der Waals surface area contributed by atoms with Gasteiger partial charge in [-0.2, -0.15) is 0 Å². The largest absolute Gasteiger partial charge is 0.385 e. The van der Waals surface area contributed by atoms with Gasteiger partial charge in [-0.3, -0.25) is 4.90 Å². The maximum atomic E-state index is 6.16. The summed E-state index contributed by atoms with van der Waals surface area (Å²) in [5, 5.41) is 0. The molecule has 0 aromatic heterocycles. The van der Waals surface area contributed by atoms with Gasteiger partial charge in [-0.05, 0) is 32.1 Å². The second kappa shape index (κ2) is 9.68. The van der Waals surface area contributed by atoms with Crippen LogP contribution in [0.25, 0.3) is 0 Å². The molecule has 2 N–H and O–H groups in total. The van der Waals surface area contributed by atoms with Crippen LogP contribution in [-0.4, -0.2) is 70.7 Å². The number of nitrogens with zero attached hydrogens (tertiary/aromatic N) is 1. The van der Waals surface area contributed by atoms with Crippen molar-refractivity contribution in [3.63, 3.8) is 0 Å². The van der Waals surface area contributed by atoms with E-state index in [4.69, 9.17) is 19.9 Å². The SMILES string of the molecule is COCCCN(CCOC)C1(CN)CCCC(OC)C1. The fourth-order valence-electron chi connectivity index (χ4n) is 3.28. The minimum atomic E-state index is 0.0607. The quantitative estimate of drug-likeness (QED) is 0.613. The molecule has 5 heteroatoms. The third kappa shape index (κ3) is 4.97. The number of hydrogen-bond acceptors (Lipinski definition) is 5. The van der Waals surface area contributed by atoms with Gasteiger partial charge in [0.05, 0.1) is 12.7 Å². The molecule has 0 radical (unpaired) electrons. The van der Waals surface area contributed by atoms with Crippen molar-refractivity contribution < 1.29 is 14.2 Å². The normalized spacial score (nSPS) is 27.1. The monoisotopic (exact) mass is 288 g/mol. The molecule has 0 aromatic carbocycles. The summed E-state index contributed by atoms with van der Waals surface area (Å²) in [7, 11) is 5.31. The van der Waals surface area contributed by atoms with E-state index < -0.39 is 0 Å². The fraction of sp³-hybridized carbons (Fsp3) is 1.00. The van der Waals surface area contributed by atoms with Crippen LogP contribution in [0.1, 0.15) is 32.1 Å². The van der Waals surface area contributed by atoms with Crippen LogP contribution in [0.2, 0.25) is 0 Å². The van der Waals surface area contributed by atoms with E-state index in [0.717, 1.165) is 52.0 Å². The summed E-state index contributed by atoms with van der Waals surface area (Å²) in [6.45, 7) is 4.15. The molecular formula is C15H32N2O3. The van der Waals surface area contributed by atoms with Crippen molar-refractivity contribution in [1.82, 2.24) is 4.90 Å².